The van der Waals surface area contributed by atoms with Gasteiger partial charge < -0.3 is 20.0 Å². The zero-order chi connectivity index (χ0) is 18.7. The molecular formula is C19H24Cl2N2O2. The average Bonchev–Trinajstić information content (AvgIpc) is 2.47. The van der Waals surface area contributed by atoms with Crippen molar-refractivity contribution >= 4 is 23.2 Å². The van der Waals surface area contributed by atoms with Crippen molar-refractivity contribution in [1.29, 1.82) is 0 Å². The second-order valence-corrected chi connectivity index (χ2v) is 7.67. The molecule has 4 nitrogen and oxygen atoms in total. The fourth-order valence-electron chi connectivity index (χ4n) is 2.83. The zero-order valence-electron chi connectivity index (χ0n) is 15.0. The summed E-state index contributed by atoms with van der Waals surface area (Å²) in [5.74, 6) is 0.401. The topological polar surface area (TPSA) is 46.9 Å². The molecule has 0 radical (unpaired) electrons. The highest BCUT2D eigenvalue weighted by Crippen LogP contribution is 2.34. The van der Waals surface area contributed by atoms with E-state index >= 15 is 0 Å². The summed E-state index contributed by atoms with van der Waals surface area (Å²) < 4.78 is 0. The molecule has 0 atom stereocenters. The number of aromatic hydroxyl groups is 2. The molecule has 2 aromatic rings. The van der Waals surface area contributed by atoms with Gasteiger partial charge in [-0.25, -0.2) is 0 Å². The predicted molar refractivity (Wildman–Crippen MR) is 104 cm³/mol. The van der Waals surface area contributed by atoms with Crippen LogP contribution in [0.3, 0.4) is 0 Å². The van der Waals surface area contributed by atoms with Crippen LogP contribution in [-0.2, 0) is 19.5 Å². The molecule has 25 heavy (non-hydrogen) atoms. The van der Waals surface area contributed by atoms with Crippen LogP contribution in [0.1, 0.15) is 22.3 Å². The van der Waals surface area contributed by atoms with Crippen LogP contribution in [0.5, 0.6) is 11.5 Å². The third kappa shape index (κ3) is 5.25. The van der Waals surface area contributed by atoms with Crippen molar-refractivity contribution in [2.45, 2.75) is 19.5 Å². The van der Waals surface area contributed by atoms with Gasteiger partial charge in [0.15, 0.2) is 0 Å². The Bertz CT molecular complexity index is 698. The van der Waals surface area contributed by atoms with E-state index in [0.29, 0.717) is 40.7 Å². The Balaban J connectivity index is 2.43. The van der Waals surface area contributed by atoms with E-state index in [4.69, 9.17) is 23.2 Å². The lowest BCUT2D eigenvalue weighted by atomic mass is 9.98. The predicted octanol–water partition coefficient (Wildman–Crippen LogP) is 4.12. The van der Waals surface area contributed by atoms with Crippen LogP contribution in [0.4, 0.5) is 0 Å². The van der Waals surface area contributed by atoms with E-state index in [2.05, 4.69) is 0 Å². The van der Waals surface area contributed by atoms with Gasteiger partial charge in [0.05, 0.1) is 0 Å². The average molecular weight is 383 g/mol. The highest BCUT2D eigenvalue weighted by Gasteiger charge is 2.15. The molecule has 136 valence electrons. The van der Waals surface area contributed by atoms with Gasteiger partial charge in [-0.1, -0.05) is 23.2 Å². The number of hydrogen-bond acceptors (Lipinski definition) is 4. The number of hydrogen-bond donors (Lipinski definition) is 2. The minimum Gasteiger partial charge on any atom is -0.507 e. The van der Waals surface area contributed by atoms with E-state index in [-0.39, 0.29) is 11.5 Å². The number of halogens is 2. The molecular weight excluding hydrogens is 359 g/mol. The van der Waals surface area contributed by atoms with Crippen LogP contribution < -0.4 is 0 Å². The first-order chi connectivity index (χ1) is 11.7. The first kappa shape index (κ1) is 19.9. The van der Waals surface area contributed by atoms with Crippen molar-refractivity contribution < 1.29 is 10.2 Å². The lowest BCUT2D eigenvalue weighted by Gasteiger charge is -2.17. The van der Waals surface area contributed by atoms with E-state index in [9.17, 15) is 10.2 Å². The van der Waals surface area contributed by atoms with E-state index in [1.54, 1.807) is 24.3 Å². The molecule has 0 aliphatic heterocycles. The van der Waals surface area contributed by atoms with Crippen molar-refractivity contribution in [3.8, 4) is 11.5 Å². The van der Waals surface area contributed by atoms with Gasteiger partial charge in [0, 0.05) is 51.8 Å². The first-order valence-electron chi connectivity index (χ1n) is 7.97. The largest absolute Gasteiger partial charge is 0.507 e. The molecule has 0 amide bonds. The summed E-state index contributed by atoms with van der Waals surface area (Å²) in [5, 5.41) is 22.3. The number of phenols is 2. The Kier molecular flexibility index (Phi) is 6.58. The minimum absolute atomic E-state index is 0.201. The maximum absolute atomic E-state index is 10.6. The van der Waals surface area contributed by atoms with Crippen LogP contribution in [-0.4, -0.2) is 48.2 Å². The van der Waals surface area contributed by atoms with Crippen molar-refractivity contribution in [2.24, 2.45) is 0 Å². The Hall–Kier alpha value is -1.46. The van der Waals surface area contributed by atoms with Gasteiger partial charge in [-0.15, -0.1) is 0 Å². The molecule has 2 aromatic carbocycles. The van der Waals surface area contributed by atoms with Crippen molar-refractivity contribution in [1.82, 2.24) is 9.80 Å². The Morgan fingerprint density at radius 1 is 0.680 bits per heavy atom. The van der Waals surface area contributed by atoms with Gasteiger partial charge in [0.1, 0.15) is 11.5 Å². The monoisotopic (exact) mass is 382 g/mol. The normalized spacial score (nSPS) is 11.5. The van der Waals surface area contributed by atoms with Crippen LogP contribution in [0.15, 0.2) is 24.3 Å². The Morgan fingerprint density at radius 2 is 1.00 bits per heavy atom. The van der Waals surface area contributed by atoms with Crippen LogP contribution >= 0.6 is 23.2 Å². The molecule has 0 saturated heterocycles. The highest BCUT2D eigenvalue weighted by atomic mass is 35.5. The summed E-state index contributed by atoms with van der Waals surface area (Å²) in [4.78, 5) is 3.92. The lowest BCUT2D eigenvalue weighted by molar-refractivity contribution is 0.382. The number of nitrogens with zero attached hydrogens (tertiary/aromatic N) is 2. The molecule has 0 bridgehead atoms. The smallest absolute Gasteiger partial charge is 0.123 e. The molecule has 2 rings (SSSR count). The van der Waals surface area contributed by atoms with Crippen molar-refractivity contribution in [2.75, 3.05) is 28.2 Å². The summed E-state index contributed by atoms with van der Waals surface area (Å²) in [6, 6.07) is 6.97. The molecule has 0 fully saturated rings. The van der Waals surface area contributed by atoms with E-state index < -0.39 is 0 Å². The molecule has 0 aromatic heterocycles. The van der Waals surface area contributed by atoms with Gasteiger partial charge in [-0.2, -0.15) is 0 Å². The minimum atomic E-state index is 0.201. The molecule has 0 unspecified atom stereocenters. The van der Waals surface area contributed by atoms with E-state index in [1.165, 1.54) is 0 Å². The third-order valence-electron chi connectivity index (χ3n) is 3.82. The summed E-state index contributed by atoms with van der Waals surface area (Å²) in [6.45, 7) is 1.15. The number of benzene rings is 2. The van der Waals surface area contributed by atoms with Crippen LogP contribution in [0, 0.1) is 0 Å². The molecule has 0 aliphatic carbocycles. The SMILES string of the molecule is CN(C)Cc1cc(Cl)cc(Cc2cc(Cl)cc(CN(C)C)c2O)c1O. The molecule has 0 saturated carbocycles. The molecule has 0 heterocycles. The van der Waals surface area contributed by atoms with Gasteiger partial charge in [0.2, 0.25) is 0 Å². The number of phenolic OH excluding ortho intramolecular Hbond substituents is 2. The molecule has 6 heteroatoms. The van der Waals surface area contributed by atoms with E-state index in [1.807, 2.05) is 38.0 Å². The van der Waals surface area contributed by atoms with Crippen LogP contribution in [0.25, 0.3) is 0 Å². The maximum Gasteiger partial charge on any atom is 0.123 e. The number of rotatable bonds is 6. The summed E-state index contributed by atoms with van der Waals surface area (Å²) in [7, 11) is 7.71. The summed E-state index contributed by atoms with van der Waals surface area (Å²) in [6.07, 6.45) is 0.347. The van der Waals surface area contributed by atoms with Crippen molar-refractivity contribution in [3.05, 3.63) is 56.6 Å². The van der Waals surface area contributed by atoms with Crippen molar-refractivity contribution in [3.63, 3.8) is 0 Å². The molecule has 0 aliphatic rings. The van der Waals surface area contributed by atoms with Crippen LogP contribution in [0.2, 0.25) is 10.0 Å². The summed E-state index contributed by atoms with van der Waals surface area (Å²) in [5.41, 5.74) is 2.83. The Morgan fingerprint density at radius 3 is 1.32 bits per heavy atom. The fraction of sp³-hybridized carbons (Fsp3) is 0.368. The zero-order valence-corrected chi connectivity index (χ0v) is 16.5. The summed E-state index contributed by atoms with van der Waals surface area (Å²) >= 11 is 12.4. The van der Waals surface area contributed by atoms with E-state index in [0.717, 1.165) is 11.1 Å². The first-order valence-corrected chi connectivity index (χ1v) is 8.73. The molecule has 0 spiro atoms. The molecule has 2 N–H and O–H groups in total. The third-order valence-corrected chi connectivity index (χ3v) is 4.26. The quantitative estimate of drug-likeness (QED) is 0.788. The standard InChI is InChI=1S/C19H24Cl2N2O2/c1-22(2)10-14-8-16(20)6-12(18(14)24)5-13-7-17(21)9-15(19(13)25)11-23(3)4/h6-9,24-25H,5,10-11H2,1-4H3. The van der Waals surface area contributed by atoms with Gasteiger partial charge in [0.25, 0.3) is 0 Å². The highest BCUT2D eigenvalue weighted by molar-refractivity contribution is 6.31. The maximum atomic E-state index is 10.6. The Labute approximate surface area is 159 Å². The fourth-order valence-corrected chi connectivity index (χ4v) is 3.36. The second-order valence-electron chi connectivity index (χ2n) is 6.80. The van der Waals surface area contributed by atoms with Gasteiger partial charge >= 0.3 is 0 Å². The van der Waals surface area contributed by atoms with Gasteiger partial charge in [-0.3, -0.25) is 0 Å². The lowest BCUT2D eigenvalue weighted by Crippen LogP contribution is -2.12. The second kappa shape index (κ2) is 8.28. The van der Waals surface area contributed by atoms with Gasteiger partial charge in [-0.05, 0) is 52.5 Å².